The highest BCUT2D eigenvalue weighted by atomic mass is 79.9. The van der Waals surface area contributed by atoms with Crippen LogP contribution in [0.1, 0.15) is 25.3 Å². The maximum absolute atomic E-state index is 14.4. The summed E-state index contributed by atoms with van der Waals surface area (Å²) in [5.74, 6) is -1.13. The molecular formula is C17H20BrFN2O3. The smallest absolute Gasteiger partial charge is 0.341 e. The van der Waals surface area contributed by atoms with Crippen LogP contribution in [0.25, 0.3) is 5.70 Å². The Morgan fingerprint density at radius 1 is 1.50 bits per heavy atom. The molecule has 2 N–H and O–H groups in total. The van der Waals surface area contributed by atoms with Crippen LogP contribution in [0.4, 0.5) is 4.39 Å². The molecule has 0 spiro atoms. The summed E-state index contributed by atoms with van der Waals surface area (Å²) in [6.07, 6.45) is 2.40. The molecule has 1 aromatic rings. The Kier molecular flexibility index (Phi) is 6.93. The average molecular weight is 399 g/mol. The molecule has 7 heteroatoms. The predicted octanol–water partition coefficient (Wildman–Crippen LogP) is 3.28. The maximum atomic E-state index is 14.4. The lowest BCUT2D eigenvalue weighted by Gasteiger charge is -2.26. The minimum absolute atomic E-state index is 0.00423. The number of carbonyl (C=O) groups is 1. The largest absolute Gasteiger partial charge is 0.462 e. The third-order valence-corrected chi connectivity index (χ3v) is 4.17. The number of halogens is 2. The summed E-state index contributed by atoms with van der Waals surface area (Å²) in [5, 5.41) is 10.8. The zero-order chi connectivity index (χ0) is 17.5. The molecule has 0 atom stereocenters. The molecule has 0 radical (unpaired) electrons. The molecular weight excluding hydrogens is 379 g/mol. The van der Waals surface area contributed by atoms with E-state index in [2.05, 4.69) is 21.2 Å². The lowest BCUT2D eigenvalue weighted by Crippen LogP contribution is -2.35. The molecule has 1 aliphatic rings. The number of benzene rings is 1. The van der Waals surface area contributed by atoms with Gasteiger partial charge in [-0.05, 0) is 38.0 Å². The van der Waals surface area contributed by atoms with Crippen LogP contribution in [0.15, 0.2) is 28.2 Å². The van der Waals surface area contributed by atoms with Crippen LogP contribution in [0, 0.1) is 11.2 Å². The Labute approximate surface area is 148 Å². The number of hydrogen-bond acceptors (Lipinski definition) is 5. The third-order valence-electron chi connectivity index (χ3n) is 3.68. The van der Waals surface area contributed by atoms with Crippen molar-refractivity contribution in [3.8, 4) is 0 Å². The Morgan fingerprint density at radius 3 is 2.79 bits per heavy atom. The van der Waals surface area contributed by atoms with Gasteiger partial charge in [0, 0.05) is 35.5 Å². The number of ether oxygens (including phenoxy) is 2. The minimum Gasteiger partial charge on any atom is -0.462 e. The Morgan fingerprint density at radius 2 is 2.21 bits per heavy atom. The lowest BCUT2D eigenvalue weighted by atomic mass is 10.0. The van der Waals surface area contributed by atoms with Gasteiger partial charge in [-0.15, -0.1) is 0 Å². The number of rotatable bonds is 6. The Balaban J connectivity index is 2.46. The fourth-order valence-corrected chi connectivity index (χ4v) is 2.81. The average Bonchev–Trinajstić information content (AvgIpc) is 2.56. The SMILES string of the molecule is CCOC(=O)/C(C=N)=C(/NC1CCOCC1)c1ccc(Br)cc1F. The molecule has 0 unspecified atom stereocenters. The molecule has 5 nitrogen and oxygen atoms in total. The summed E-state index contributed by atoms with van der Waals surface area (Å²) in [6, 6.07) is 4.63. The van der Waals surface area contributed by atoms with Crippen LogP contribution in [0.5, 0.6) is 0 Å². The Hall–Kier alpha value is -1.73. The van der Waals surface area contributed by atoms with Gasteiger partial charge in [-0.25, -0.2) is 9.18 Å². The second-order valence-electron chi connectivity index (χ2n) is 5.31. The molecule has 0 aliphatic carbocycles. The van der Waals surface area contributed by atoms with Crippen molar-refractivity contribution in [2.45, 2.75) is 25.8 Å². The van der Waals surface area contributed by atoms with Crippen molar-refractivity contribution in [2.24, 2.45) is 0 Å². The lowest BCUT2D eigenvalue weighted by molar-refractivity contribution is -0.137. The van der Waals surface area contributed by atoms with Gasteiger partial charge in [-0.3, -0.25) is 0 Å². The molecule has 0 aromatic heterocycles. The van der Waals surface area contributed by atoms with E-state index < -0.39 is 11.8 Å². The van der Waals surface area contributed by atoms with Crippen molar-refractivity contribution in [1.29, 1.82) is 5.41 Å². The monoisotopic (exact) mass is 398 g/mol. The molecule has 1 aliphatic heterocycles. The first-order valence-electron chi connectivity index (χ1n) is 7.78. The molecule has 0 amide bonds. The molecule has 130 valence electrons. The first-order valence-corrected chi connectivity index (χ1v) is 8.57. The molecule has 1 saturated heterocycles. The van der Waals surface area contributed by atoms with E-state index in [1.807, 2.05) is 0 Å². The molecule has 2 rings (SSSR count). The summed E-state index contributed by atoms with van der Waals surface area (Å²) in [6.45, 7) is 3.08. The molecule has 1 heterocycles. The summed E-state index contributed by atoms with van der Waals surface area (Å²) < 4.78 is 25.4. The second kappa shape index (κ2) is 8.94. The third kappa shape index (κ3) is 4.64. The number of carbonyl (C=O) groups excluding carboxylic acids is 1. The van der Waals surface area contributed by atoms with E-state index in [9.17, 15) is 9.18 Å². The van der Waals surface area contributed by atoms with Gasteiger partial charge in [0.2, 0.25) is 0 Å². The minimum atomic E-state index is -0.649. The van der Waals surface area contributed by atoms with Crippen LogP contribution in [-0.2, 0) is 14.3 Å². The van der Waals surface area contributed by atoms with Crippen molar-refractivity contribution < 1.29 is 18.7 Å². The number of esters is 1. The normalized spacial score (nSPS) is 16.3. The van der Waals surface area contributed by atoms with Gasteiger partial charge in [0.05, 0.1) is 12.3 Å². The van der Waals surface area contributed by atoms with E-state index in [0.29, 0.717) is 17.7 Å². The molecule has 0 bridgehead atoms. The van der Waals surface area contributed by atoms with Crippen LogP contribution in [-0.4, -0.2) is 38.0 Å². The van der Waals surface area contributed by atoms with Gasteiger partial charge in [0.25, 0.3) is 0 Å². The second-order valence-corrected chi connectivity index (χ2v) is 6.22. The van der Waals surface area contributed by atoms with E-state index in [0.717, 1.165) is 19.1 Å². The summed E-state index contributed by atoms with van der Waals surface area (Å²) in [7, 11) is 0. The van der Waals surface area contributed by atoms with E-state index in [1.165, 1.54) is 6.07 Å². The highest BCUT2D eigenvalue weighted by molar-refractivity contribution is 9.10. The van der Waals surface area contributed by atoms with E-state index in [-0.39, 0.29) is 29.5 Å². The van der Waals surface area contributed by atoms with Crippen molar-refractivity contribution in [1.82, 2.24) is 5.32 Å². The highest BCUT2D eigenvalue weighted by Gasteiger charge is 2.23. The Bertz CT molecular complexity index is 643. The molecule has 1 fully saturated rings. The van der Waals surface area contributed by atoms with Crippen LogP contribution < -0.4 is 5.32 Å². The van der Waals surface area contributed by atoms with Gasteiger partial charge in [-0.2, -0.15) is 0 Å². The van der Waals surface area contributed by atoms with Gasteiger partial charge in [0.15, 0.2) is 0 Å². The van der Waals surface area contributed by atoms with Gasteiger partial charge in [-0.1, -0.05) is 15.9 Å². The summed E-state index contributed by atoms with van der Waals surface area (Å²) in [5.41, 5.74) is 0.515. The molecule has 24 heavy (non-hydrogen) atoms. The van der Waals surface area contributed by atoms with Gasteiger partial charge < -0.3 is 20.2 Å². The summed E-state index contributed by atoms with van der Waals surface area (Å²) in [4.78, 5) is 12.2. The van der Waals surface area contributed by atoms with Gasteiger partial charge in [0.1, 0.15) is 11.4 Å². The quantitative estimate of drug-likeness (QED) is 0.438. The van der Waals surface area contributed by atoms with Crippen molar-refractivity contribution in [2.75, 3.05) is 19.8 Å². The van der Waals surface area contributed by atoms with E-state index in [4.69, 9.17) is 14.9 Å². The first kappa shape index (κ1) is 18.6. The highest BCUT2D eigenvalue weighted by Crippen LogP contribution is 2.25. The predicted molar refractivity (Wildman–Crippen MR) is 93.4 cm³/mol. The number of nitrogens with one attached hydrogen (secondary N) is 2. The standard InChI is InChI=1S/C17H20BrFN2O3/c1-2-24-17(22)14(10-20)16(21-12-5-7-23-8-6-12)13-4-3-11(18)9-15(13)19/h3-4,9-10,12,20-21H,2,5-8H2,1H3/b16-14+,20-10?. The number of hydrogen-bond donors (Lipinski definition) is 2. The zero-order valence-corrected chi connectivity index (χ0v) is 15.0. The van der Waals surface area contributed by atoms with E-state index >= 15 is 0 Å². The van der Waals surface area contributed by atoms with Crippen molar-refractivity contribution in [3.63, 3.8) is 0 Å². The fraction of sp³-hybridized carbons (Fsp3) is 0.412. The van der Waals surface area contributed by atoms with Crippen molar-refractivity contribution >= 4 is 33.8 Å². The van der Waals surface area contributed by atoms with Gasteiger partial charge >= 0.3 is 5.97 Å². The van der Waals surface area contributed by atoms with Crippen LogP contribution in [0.3, 0.4) is 0 Å². The van der Waals surface area contributed by atoms with Crippen LogP contribution in [0.2, 0.25) is 0 Å². The fourth-order valence-electron chi connectivity index (χ4n) is 2.48. The zero-order valence-electron chi connectivity index (χ0n) is 13.4. The molecule has 1 aromatic carbocycles. The summed E-state index contributed by atoms with van der Waals surface area (Å²) >= 11 is 3.22. The van der Waals surface area contributed by atoms with Crippen LogP contribution >= 0.6 is 15.9 Å². The van der Waals surface area contributed by atoms with Crippen molar-refractivity contribution in [3.05, 3.63) is 39.6 Å². The topological polar surface area (TPSA) is 71.4 Å². The van der Waals surface area contributed by atoms with E-state index in [1.54, 1.807) is 19.1 Å². The molecule has 0 saturated carbocycles. The first-order chi connectivity index (χ1) is 11.6. The maximum Gasteiger partial charge on any atom is 0.341 e.